The van der Waals surface area contributed by atoms with Gasteiger partial charge in [-0.1, -0.05) is 25.1 Å². The Morgan fingerprint density at radius 1 is 1.24 bits per heavy atom. The van der Waals surface area contributed by atoms with E-state index in [0.29, 0.717) is 12.2 Å². The highest BCUT2D eigenvalue weighted by molar-refractivity contribution is 7.98. The van der Waals surface area contributed by atoms with Crippen molar-refractivity contribution in [2.45, 2.75) is 24.9 Å². The number of para-hydroxylation sites is 1. The summed E-state index contributed by atoms with van der Waals surface area (Å²) in [5.74, 6) is 0. The van der Waals surface area contributed by atoms with E-state index in [9.17, 15) is 4.79 Å². The summed E-state index contributed by atoms with van der Waals surface area (Å²) in [7, 11) is 0. The number of rotatable bonds is 4. The first-order valence-electron chi connectivity index (χ1n) is 6.84. The molecule has 0 unspecified atom stereocenters. The Labute approximate surface area is 126 Å². The summed E-state index contributed by atoms with van der Waals surface area (Å²) in [5, 5.41) is 6.24. The van der Waals surface area contributed by atoms with Gasteiger partial charge in [-0.2, -0.15) is 4.98 Å². The van der Waals surface area contributed by atoms with Crippen molar-refractivity contribution in [1.82, 2.24) is 19.3 Å². The van der Waals surface area contributed by atoms with E-state index in [4.69, 9.17) is 0 Å². The number of hydrogen-bond donors (Lipinski definition) is 0. The van der Waals surface area contributed by atoms with Gasteiger partial charge in [0.15, 0.2) is 5.65 Å². The molecule has 0 amide bonds. The van der Waals surface area contributed by atoms with Crippen LogP contribution >= 0.6 is 11.8 Å². The van der Waals surface area contributed by atoms with Crippen molar-refractivity contribution in [3.63, 3.8) is 0 Å². The minimum Gasteiger partial charge on any atom is -0.275 e. The van der Waals surface area contributed by atoms with Gasteiger partial charge in [0.1, 0.15) is 5.03 Å². The molecular formula is C15H16N4OS. The number of nitrogens with zero attached hydrogens (tertiary/aromatic N) is 4. The van der Waals surface area contributed by atoms with Crippen LogP contribution in [-0.2, 0) is 6.54 Å². The van der Waals surface area contributed by atoms with Crippen LogP contribution in [0.5, 0.6) is 0 Å². The molecule has 3 rings (SSSR count). The van der Waals surface area contributed by atoms with Gasteiger partial charge in [-0.05, 0) is 24.8 Å². The molecule has 0 aliphatic heterocycles. The number of fused-ring (bicyclic) bond motifs is 1. The SMILES string of the molecule is CCCn1c(=O)nc(SC)c2cn(-c3ccccc3)nc21. The highest BCUT2D eigenvalue weighted by Gasteiger charge is 2.14. The minimum absolute atomic E-state index is 0.230. The standard InChI is InChI=1S/C15H16N4OS/c1-3-9-18-13-12(14(21-2)16-15(18)20)10-19(17-13)11-7-5-4-6-8-11/h4-8,10H,3,9H2,1-2H3. The van der Waals surface area contributed by atoms with Crippen LogP contribution in [-0.4, -0.2) is 25.6 Å². The van der Waals surface area contributed by atoms with Crippen molar-refractivity contribution >= 4 is 22.8 Å². The molecule has 0 atom stereocenters. The van der Waals surface area contributed by atoms with Gasteiger partial charge in [-0.15, -0.1) is 16.9 Å². The molecule has 0 bridgehead atoms. The predicted octanol–water partition coefficient (Wildman–Crippen LogP) is 2.71. The first-order chi connectivity index (χ1) is 10.2. The molecule has 0 aliphatic rings. The van der Waals surface area contributed by atoms with Crippen LogP contribution in [0.2, 0.25) is 0 Å². The summed E-state index contributed by atoms with van der Waals surface area (Å²) >= 11 is 1.47. The average Bonchev–Trinajstić information content (AvgIpc) is 2.96. The number of benzene rings is 1. The molecule has 0 N–H and O–H groups in total. The first kappa shape index (κ1) is 13.9. The molecule has 0 aliphatic carbocycles. The lowest BCUT2D eigenvalue weighted by atomic mass is 10.3. The molecule has 0 saturated heterocycles. The minimum atomic E-state index is -0.230. The Hall–Kier alpha value is -2.08. The largest absolute Gasteiger partial charge is 0.350 e. The van der Waals surface area contributed by atoms with E-state index in [1.54, 1.807) is 9.25 Å². The molecule has 0 saturated carbocycles. The molecule has 2 aromatic heterocycles. The lowest BCUT2D eigenvalue weighted by molar-refractivity contribution is 0.644. The lowest BCUT2D eigenvalue weighted by Crippen LogP contribution is -2.24. The molecule has 2 heterocycles. The van der Waals surface area contributed by atoms with Crippen LogP contribution in [0.1, 0.15) is 13.3 Å². The summed E-state index contributed by atoms with van der Waals surface area (Å²) in [6.45, 7) is 2.66. The summed E-state index contributed by atoms with van der Waals surface area (Å²) in [6, 6.07) is 9.87. The van der Waals surface area contributed by atoms with E-state index in [1.807, 2.05) is 49.7 Å². The Balaban J connectivity index is 2.28. The van der Waals surface area contributed by atoms with Crippen LogP contribution < -0.4 is 5.69 Å². The fraction of sp³-hybridized carbons (Fsp3) is 0.267. The van der Waals surface area contributed by atoms with Crippen molar-refractivity contribution in [3.8, 4) is 5.69 Å². The highest BCUT2D eigenvalue weighted by atomic mass is 32.2. The monoisotopic (exact) mass is 300 g/mol. The molecular weight excluding hydrogens is 284 g/mol. The quantitative estimate of drug-likeness (QED) is 0.549. The van der Waals surface area contributed by atoms with Gasteiger partial charge in [-0.3, -0.25) is 4.57 Å². The summed E-state index contributed by atoms with van der Waals surface area (Å²) in [4.78, 5) is 16.3. The zero-order chi connectivity index (χ0) is 14.8. The van der Waals surface area contributed by atoms with E-state index in [0.717, 1.165) is 22.5 Å². The topological polar surface area (TPSA) is 52.7 Å². The number of hydrogen-bond acceptors (Lipinski definition) is 4. The Kier molecular flexibility index (Phi) is 3.79. The maximum Gasteiger partial charge on any atom is 0.350 e. The fourth-order valence-electron chi connectivity index (χ4n) is 2.31. The smallest absolute Gasteiger partial charge is 0.275 e. The zero-order valence-electron chi connectivity index (χ0n) is 12.0. The second kappa shape index (κ2) is 5.73. The fourth-order valence-corrected chi connectivity index (χ4v) is 2.84. The zero-order valence-corrected chi connectivity index (χ0v) is 12.8. The Morgan fingerprint density at radius 2 is 2.00 bits per heavy atom. The second-order valence-corrected chi connectivity index (χ2v) is 5.50. The molecule has 108 valence electrons. The first-order valence-corrected chi connectivity index (χ1v) is 8.06. The normalized spacial score (nSPS) is 11.1. The van der Waals surface area contributed by atoms with Crippen molar-refractivity contribution in [2.75, 3.05) is 6.26 Å². The third-order valence-electron chi connectivity index (χ3n) is 3.27. The van der Waals surface area contributed by atoms with Crippen LogP contribution in [0.15, 0.2) is 46.3 Å². The van der Waals surface area contributed by atoms with Crippen molar-refractivity contribution in [3.05, 3.63) is 47.0 Å². The van der Waals surface area contributed by atoms with Crippen LogP contribution in [0.4, 0.5) is 0 Å². The third kappa shape index (κ3) is 2.47. The molecule has 6 heteroatoms. The van der Waals surface area contributed by atoms with Crippen molar-refractivity contribution in [1.29, 1.82) is 0 Å². The molecule has 21 heavy (non-hydrogen) atoms. The van der Waals surface area contributed by atoms with Gasteiger partial charge >= 0.3 is 5.69 Å². The van der Waals surface area contributed by atoms with E-state index < -0.39 is 0 Å². The van der Waals surface area contributed by atoms with Gasteiger partial charge in [-0.25, -0.2) is 9.48 Å². The second-order valence-electron chi connectivity index (χ2n) is 4.70. The molecule has 5 nitrogen and oxygen atoms in total. The van der Waals surface area contributed by atoms with Gasteiger partial charge in [0.2, 0.25) is 0 Å². The van der Waals surface area contributed by atoms with Crippen LogP contribution in [0.3, 0.4) is 0 Å². The van der Waals surface area contributed by atoms with Crippen LogP contribution in [0.25, 0.3) is 16.7 Å². The van der Waals surface area contributed by atoms with Gasteiger partial charge in [0.25, 0.3) is 0 Å². The maximum absolute atomic E-state index is 12.1. The average molecular weight is 300 g/mol. The predicted molar refractivity (Wildman–Crippen MR) is 85.2 cm³/mol. The number of thioether (sulfide) groups is 1. The van der Waals surface area contributed by atoms with Crippen molar-refractivity contribution in [2.24, 2.45) is 0 Å². The third-order valence-corrected chi connectivity index (χ3v) is 3.97. The molecule has 0 spiro atoms. The van der Waals surface area contributed by atoms with E-state index in [2.05, 4.69) is 10.1 Å². The lowest BCUT2D eigenvalue weighted by Gasteiger charge is -2.05. The van der Waals surface area contributed by atoms with Gasteiger partial charge < -0.3 is 0 Å². The molecule has 0 fully saturated rings. The molecule has 3 aromatic rings. The van der Waals surface area contributed by atoms with Gasteiger partial charge in [0, 0.05) is 12.7 Å². The number of aromatic nitrogens is 4. The Bertz CT molecular complexity index is 823. The summed E-state index contributed by atoms with van der Waals surface area (Å²) < 4.78 is 3.45. The Morgan fingerprint density at radius 3 is 2.67 bits per heavy atom. The van der Waals surface area contributed by atoms with E-state index in [-0.39, 0.29) is 5.69 Å². The summed E-state index contributed by atoms with van der Waals surface area (Å²) in [6.07, 6.45) is 4.73. The number of aryl methyl sites for hydroxylation is 1. The van der Waals surface area contributed by atoms with Crippen LogP contribution in [0, 0.1) is 0 Å². The molecule has 1 aromatic carbocycles. The molecule has 0 radical (unpaired) electrons. The van der Waals surface area contributed by atoms with Crippen molar-refractivity contribution < 1.29 is 0 Å². The van der Waals surface area contributed by atoms with E-state index >= 15 is 0 Å². The maximum atomic E-state index is 12.1. The highest BCUT2D eigenvalue weighted by Crippen LogP contribution is 2.23. The van der Waals surface area contributed by atoms with E-state index in [1.165, 1.54) is 11.8 Å². The van der Waals surface area contributed by atoms with Gasteiger partial charge in [0.05, 0.1) is 11.1 Å². The summed E-state index contributed by atoms with van der Waals surface area (Å²) in [5.41, 5.74) is 1.44.